The largest absolute Gasteiger partial charge is 0.507 e. The molecule has 0 saturated carbocycles. The standard InChI is InChI=1S/C14H20O/c1-9(2)11-7-10(3)8-12(13(11)15)14(4,5)6/h7-8,15H,1H2,2-6H3. The molecule has 0 atom stereocenters. The lowest BCUT2D eigenvalue weighted by Crippen LogP contribution is -2.12. The monoisotopic (exact) mass is 204 g/mol. The third kappa shape index (κ3) is 2.41. The van der Waals surface area contributed by atoms with Crippen LogP contribution in [0.3, 0.4) is 0 Å². The molecule has 0 spiro atoms. The highest BCUT2D eigenvalue weighted by Gasteiger charge is 2.20. The van der Waals surface area contributed by atoms with Crippen LogP contribution in [0, 0.1) is 6.92 Å². The van der Waals surface area contributed by atoms with Gasteiger partial charge in [0, 0.05) is 11.1 Å². The predicted molar refractivity (Wildman–Crippen MR) is 66.3 cm³/mol. The zero-order valence-electron chi connectivity index (χ0n) is 10.3. The molecular formula is C14H20O. The number of phenols is 1. The lowest BCUT2D eigenvalue weighted by molar-refractivity contribution is 0.445. The molecule has 0 aliphatic carbocycles. The van der Waals surface area contributed by atoms with Crippen molar-refractivity contribution >= 4 is 5.57 Å². The van der Waals surface area contributed by atoms with E-state index in [9.17, 15) is 5.11 Å². The summed E-state index contributed by atoms with van der Waals surface area (Å²) in [6.45, 7) is 14.2. The minimum atomic E-state index is -0.0414. The van der Waals surface area contributed by atoms with Gasteiger partial charge >= 0.3 is 0 Å². The third-order valence-corrected chi connectivity index (χ3v) is 2.52. The highest BCUT2D eigenvalue weighted by atomic mass is 16.3. The molecular weight excluding hydrogens is 184 g/mol. The number of hydrogen-bond donors (Lipinski definition) is 1. The van der Waals surface area contributed by atoms with Crippen molar-refractivity contribution in [3.63, 3.8) is 0 Å². The second-order valence-electron chi connectivity index (χ2n) is 5.24. The molecule has 15 heavy (non-hydrogen) atoms. The normalized spacial score (nSPS) is 11.5. The Kier molecular flexibility index (Phi) is 2.94. The smallest absolute Gasteiger partial charge is 0.126 e. The van der Waals surface area contributed by atoms with Gasteiger partial charge in [-0.3, -0.25) is 0 Å². The van der Waals surface area contributed by atoms with Gasteiger partial charge in [0.25, 0.3) is 0 Å². The SMILES string of the molecule is C=C(C)c1cc(C)cc(C(C)(C)C)c1O. The van der Waals surface area contributed by atoms with Crippen molar-refractivity contribution < 1.29 is 5.11 Å². The fraction of sp³-hybridized carbons (Fsp3) is 0.429. The quantitative estimate of drug-likeness (QED) is 0.732. The number of rotatable bonds is 1. The molecule has 0 bridgehead atoms. The molecule has 1 nitrogen and oxygen atoms in total. The highest BCUT2D eigenvalue weighted by molar-refractivity contribution is 5.69. The van der Waals surface area contributed by atoms with Gasteiger partial charge in [0.2, 0.25) is 0 Å². The van der Waals surface area contributed by atoms with Gasteiger partial charge < -0.3 is 5.11 Å². The zero-order chi connectivity index (χ0) is 11.8. The van der Waals surface area contributed by atoms with Crippen molar-refractivity contribution in [3.8, 4) is 5.75 Å². The highest BCUT2D eigenvalue weighted by Crippen LogP contribution is 2.36. The minimum absolute atomic E-state index is 0.0414. The number of allylic oxidation sites excluding steroid dienone is 1. The van der Waals surface area contributed by atoms with Crippen LogP contribution in [0.1, 0.15) is 44.4 Å². The summed E-state index contributed by atoms with van der Waals surface area (Å²) in [4.78, 5) is 0. The fourth-order valence-corrected chi connectivity index (χ4v) is 1.68. The first-order chi connectivity index (χ1) is 6.73. The first-order valence-electron chi connectivity index (χ1n) is 5.23. The van der Waals surface area contributed by atoms with E-state index in [1.54, 1.807) is 0 Å². The maximum atomic E-state index is 10.2. The molecule has 0 amide bonds. The van der Waals surface area contributed by atoms with Gasteiger partial charge in [0.05, 0.1) is 0 Å². The van der Waals surface area contributed by atoms with Crippen LogP contribution in [0.5, 0.6) is 5.75 Å². The van der Waals surface area contributed by atoms with E-state index in [-0.39, 0.29) is 5.41 Å². The molecule has 0 radical (unpaired) electrons. The van der Waals surface area contributed by atoms with E-state index in [1.165, 1.54) is 0 Å². The first-order valence-corrected chi connectivity index (χ1v) is 5.23. The average molecular weight is 204 g/mol. The van der Waals surface area contributed by atoms with Crippen LogP contribution in [0.25, 0.3) is 5.57 Å². The van der Waals surface area contributed by atoms with E-state index in [0.29, 0.717) is 5.75 Å². The van der Waals surface area contributed by atoms with Crippen LogP contribution in [-0.4, -0.2) is 5.11 Å². The van der Waals surface area contributed by atoms with E-state index < -0.39 is 0 Å². The third-order valence-electron chi connectivity index (χ3n) is 2.52. The first kappa shape index (κ1) is 11.8. The Labute approximate surface area is 92.5 Å². The number of aryl methyl sites for hydroxylation is 1. The Morgan fingerprint density at radius 1 is 1.27 bits per heavy atom. The van der Waals surface area contributed by atoms with Crippen LogP contribution in [-0.2, 0) is 5.41 Å². The second kappa shape index (κ2) is 3.73. The van der Waals surface area contributed by atoms with Crippen LogP contribution >= 0.6 is 0 Å². The molecule has 0 fully saturated rings. The summed E-state index contributed by atoms with van der Waals surface area (Å²) in [6, 6.07) is 4.02. The Balaban J connectivity index is 3.49. The van der Waals surface area contributed by atoms with E-state index in [0.717, 1.165) is 22.3 Å². The summed E-state index contributed by atoms with van der Waals surface area (Å²) >= 11 is 0. The van der Waals surface area contributed by atoms with Gasteiger partial charge in [-0.15, -0.1) is 0 Å². The van der Waals surface area contributed by atoms with Crippen molar-refractivity contribution in [3.05, 3.63) is 35.4 Å². The molecule has 0 saturated heterocycles. The van der Waals surface area contributed by atoms with Crippen LogP contribution < -0.4 is 0 Å². The number of phenolic OH excluding ortho intramolecular Hbond substituents is 1. The summed E-state index contributed by atoms with van der Waals surface area (Å²) in [7, 11) is 0. The van der Waals surface area contributed by atoms with Crippen molar-refractivity contribution in [2.24, 2.45) is 0 Å². The Hall–Kier alpha value is -1.24. The Morgan fingerprint density at radius 2 is 1.80 bits per heavy atom. The second-order valence-corrected chi connectivity index (χ2v) is 5.24. The topological polar surface area (TPSA) is 20.2 Å². The average Bonchev–Trinajstić information content (AvgIpc) is 2.06. The fourth-order valence-electron chi connectivity index (χ4n) is 1.68. The molecule has 1 aromatic carbocycles. The van der Waals surface area contributed by atoms with Crippen molar-refractivity contribution in [1.29, 1.82) is 0 Å². The lowest BCUT2D eigenvalue weighted by Gasteiger charge is -2.23. The summed E-state index contributed by atoms with van der Waals surface area (Å²) in [5.41, 5.74) is 3.87. The van der Waals surface area contributed by atoms with Crippen molar-refractivity contribution in [1.82, 2.24) is 0 Å². The molecule has 1 heteroatoms. The number of aromatic hydroxyl groups is 1. The Bertz CT molecular complexity index is 395. The molecule has 82 valence electrons. The van der Waals surface area contributed by atoms with Gasteiger partial charge in [-0.1, -0.05) is 33.4 Å². The van der Waals surface area contributed by atoms with Crippen molar-refractivity contribution in [2.45, 2.75) is 40.0 Å². The van der Waals surface area contributed by atoms with Gasteiger partial charge in [0.15, 0.2) is 0 Å². The van der Waals surface area contributed by atoms with E-state index in [2.05, 4.69) is 27.4 Å². The van der Waals surface area contributed by atoms with Crippen molar-refractivity contribution in [2.75, 3.05) is 0 Å². The predicted octanol–water partition coefficient (Wildman–Crippen LogP) is 4.03. The maximum absolute atomic E-state index is 10.2. The summed E-state index contributed by atoms with van der Waals surface area (Å²) in [5.74, 6) is 0.376. The van der Waals surface area contributed by atoms with Crippen LogP contribution in [0.15, 0.2) is 18.7 Å². The molecule has 0 heterocycles. The summed E-state index contributed by atoms with van der Waals surface area (Å²) in [5, 5.41) is 10.2. The molecule has 1 N–H and O–H groups in total. The van der Waals surface area contributed by atoms with E-state index in [1.807, 2.05) is 26.0 Å². The molecule has 0 aromatic heterocycles. The molecule has 0 unspecified atom stereocenters. The number of hydrogen-bond acceptors (Lipinski definition) is 1. The van der Waals surface area contributed by atoms with Crippen LogP contribution in [0.4, 0.5) is 0 Å². The van der Waals surface area contributed by atoms with Gasteiger partial charge in [0.1, 0.15) is 5.75 Å². The lowest BCUT2D eigenvalue weighted by atomic mass is 9.83. The molecule has 1 rings (SSSR count). The summed E-state index contributed by atoms with van der Waals surface area (Å²) in [6.07, 6.45) is 0. The van der Waals surface area contributed by atoms with Gasteiger partial charge in [-0.25, -0.2) is 0 Å². The number of benzene rings is 1. The molecule has 0 aliphatic rings. The van der Waals surface area contributed by atoms with Crippen LogP contribution in [0.2, 0.25) is 0 Å². The minimum Gasteiger partial charge on any atom is -0.507 e. The Morgan fingerprint density at radius 3 is 2.20 bits per heavy atom. The van der Waals surface area contributed by atoms with E-state index in [4.69, 9.17) is 0 Å². The molecule has 0 aliphatic heterocycles. The maximum Gasteiger partial charge on any atom is 0.126 e. The molecule has 1 aromatic rings. The van der Waals surface area contributed by atoms with Gasteiger partial charge in [-0.2, -0.15) is 0 Å². The van der Waals surface area contributed by atoms with E-state index >= 15 is 0 Å². The summed E-state index contributed by atoms with van der Waals surface area (Å²) < 4.78 is 0. The zero-order valence-corrected chi connectivity index (χ0v) is 10.3. The van der Waals surface area contributed by atoms with Gasteiger partial charge in [-0.05, 0) is 36.5 Å².